The molecule has 0 saturated carbocycles. The van der Waals surface area contributed by atoms with E-state index in [-0.39, 0.29) is 23.8 Å². The van der Waals surface area contributed by atoms with E-state index in [1.165, 1.54) is 6.92 Å². The largest absolute Gasteiger partial charge is 0.480 e. The van der Waals surface area contributed by atoms with Crippen LogP contribution in [0.25, 0.3) is 0 Å². The second-order valence-corrected chi connectivity index (χ2v) is 5.27. The first kappa shape index (κ1) is 14.9. The second kappa shape index (κ2) is 5.84. The van der Waals surface area contributed by atoms with Crippen molar-refractivity contribution in [2.45, 2.75) is 40.2 Å². The molecule has 0 saturated heterocycles. The van der Waals surface area contributed by atoms with Crippen molar-refractivity contribution >= 4 is 11.9 Å². The summed E-state index contributed by atoms with van der Waals surface area (Å²) in [6.07, 6.45) is 0.641. The highest BCUT2D eigenvalue weighted by atomic mass is 16.4. The van der Waals surface area contributed by atoms with Gasteiger partial charge in [-0.05, 0) is 18.8 Å². The predicted molar refractivity (Wildman–Crippen MR) is 61.9 cm³/mol. The summed E-state index contributed by atoms with van der Waals surface area (Å²) in [5.74, 6) is -1.66. The van der Waals surface area contributed by atoms with Gasteiger partial charge < -0.3 is 16.2 Å². The monoisotopic (exact) mass is 230 g/mol. The van der Waals surface area contributed by atoms with Crippen molar-refractivity contribution in [3.05, 3.63) is 0 Å². The number of nitrogens with two attached hydrogens (primary N) is 1. The molecule has 0 aromatic rings. The zero-order valence-corrected chi connectivity index (χ0v) is 10.4. The first-order chi connectivity index (χ1) is 7.17. The van der Waals surface area contributed by atoms with Gasteiger partial charge in [0.05, 0.1) is 5.92 Å². The van der Waals surface area contributed by atoms with E-state index in [2.05, 4.69) is 5.32 Å². The Kier molecular flexibility index (Phi) is 5.44. The van der Waals surface area contributed by atoms with Crippen LogP contribution in [0.15, 0.2) is 0 Å². The average molecular weight is 230 g/mol. The van der Waals surface area contributed by atoms with Crippen molar-refractivity contribution in [1.29, 1.82) is 0 Å². The van der Waals surface area contributed by atoms with Gasteiger partial charge in [-0.2, -0.15) is 0 Å². The predicted octanol–water partition coefficient (Wildman–Crippen LogP) is 0.587. The van der Waals surface area contributed by atoms with Crippen LogP contribution in [-0.4, -0.2) is 29.6 Å². The number of aliphatic carboxylic acids is 1. The lowest BCUT2D eigenvalue weighted by Crippen LogP contribution is -2.44. The SMILES string of the molecule is C[C@H](NC(=O)C(CN)CC(C)(C)C)C(=O)O. The summed E-state index contributed by atoms with van der Waals surface area (Å²) in [6, 6.07) is -0.874. The maximum atomic E-state index is 11.7. The third-order valence-electron chi connectivity index (χ3n) is 2.24. The highest BCUT2D eigenvalue weighted by molar-refractivity contribution is 5.84. The molecule has 16 heavy (non-hydrogen) atoms. The Bertz CT molecular complexity index is 258. The van der Waals surface area contributed by atoms with E-state index < -0.39 is 12.0 Å². The van der Waals surface area contributed by atoms with Crippen LogP contribution >= 0.6 is 0 Å². The number of hydrogen-bond donors (Lipinski definition) is 3. The van der Waals surface area contributed by atoms with Gasteiger partial charge in [-0.25, -0.2) is 0 Å². The first-order valence-electron chi connectivity index (χ1n) is 5.40. The molecule has 4 N–H and O–H groups in total. The van der Waals surface area contributed by atoms with E-state index in [1.807, 2.05) is 20.8 Å². The number of nitrogens with one attached hydrogen (secondary N) is 1. The lowest BCUT2D eigenvalue weighted by atomic mass is 9.84. The van der Waals surface area contributed by atoms with Crippen LogP contribution in [-0.2, 0) is 9.59 Å². The highest BCUT2D eigenvalue weighted by Crippen LogP contribution is 2.24. The fourth-order valence-electron chi connectivity index (χ4n) is 1.42. The third-order valence-corrected chi connectivity index (χ3v) is 2.24. The molecule has 0 aliphatic rings. The maximum Gasteiger partial charge on any atom is 0.325 e. The quantitative estimate of drug-likeness (QED) is 0.644. The van der Waals surface area contributed by atoms with Crippen LogP contribution in [0, 0.1) is 11.3 Å². The van der Waals surface area contributed by atoms with E-state index in [4.69, 9.17) is 10.8 Å². The number of carboxylic acid groups (broad SMARTS) is 1. The minimum Gasteiger partial charge on any atom is -0.480 e. The maximum absolute atomic E-state index is 11.7. The molecule has 0 spiro atoms. The van der Waals surface area contributed by atoms with E-state index in [1.54, 1.807) is 0 Å². The van der Waals surface area contributed by atoms with Crippen LogP contribution in [0.5, 0.6) is 0 Å². The topological polar surface area (TPSA) is 92.4 Å². The molecular weight excluding hydrogens is 208 g/mol. The number of carboxylic acids is 1. The standard InChI is InChI=1S/C11H22N2O3/c1-7(10(15)16)13-9(14)8(6-12)5-11(2,3)4/h7-8H,5-6,12H2,1-4H3,(H,13,14)(H,15,16)/t7-,8?/m0/s1. The molecule has 1 unspecified atom stereocenters. The summed E-state index contributed by atoms with van der Waals surface area (Å²) < 4.78 is 0. The molecule has 94 valence electrons. The molecule has 0 radical (unpaired) electrons. The number of hydrogen-bond acceptors (Lipinski definition) is 3. The van der Waals surface area contributed by atoms with Crippen molar-refractivity contribution in [3.8, 4) is 0 Å². The molecule has 5 nitrogen and oxygen atoms in total. The van der Waals surface area contributed by atoms with E-state index >= 15 is 0 Å². The molecule has 1 amide bonds. The van der Waals surface area contributed by atoms with E-state index in [0.717, 1.165) is 0 Å². The molecule has 0 rings (SSSR count). The van der Waals surface area contributed by atoms with Gasteiger partial charge in [0.25, 0.3) is 0 Å². The number of amides is 1. The zero-order valence-electron chi connectivity index (χ0n) is 10.4. The fraction of sp³-hybridized carbons (Fsp3) is 0.818. The first-order valence-corrected chi connectivity index (χ1v) is 5.40. The molecule has 0 aromatic carbocycles. The second-order valence-electron chi connectivity index (χ2n) is 5.27. The van der Waals surface area contributed by atoms with Gasteiger partial charge in [0.2, 0.25) is 5.91 Å². The van der Waals surface area contributed by atoms with Crippen molar-refractivity contribution < 1.29 is 14.7 Å². The highest BCUT2D eigenvalue weighted by Gasteiger charge is 2.25. The van der Waals surface area contributed by atoms with Crippen molar-refractivity contribution in [1.82, 2.24) is 5.32 Å². The van der Waals surface area contributed by atoms with Gasteiger partial charge in [0, 0.05) is 6.54 Å². The van der Waals surface area contributed by atoms with Crippen LogP contribution in [0.1, 0.15) is 34.1 Å². The molecule has 0 aliphatic heterocycles. The lowest BCUT2D eigenvalue weighted by Gasteiger charge is -2.25. The Balaban J connectivity index is 4.38. The van der Waals surface area contributed by atoms with Crippen molar-refractivity contribution in [3.63, 3.8) is 0 Å². The third kappa shape index (κ3) is 5.70. The molecule has 0 aromatic heterocycles. The normalized spacial score (nSPS) is 15.3. The van der Waals surface area contributed by atoms with Gasteiger partial charge >= 0.3 is 5.97 Å². The molecule has 2 atom stereocenters. The van der Waals surface area contributed by atoms with Crippen LogP contribution < -0.4 is 11.1 Å². The number of carbonyl (C=O) groups is 2. The summed E-state index contributed by atoms with van der Waals surface area (Å²) >= 11 is 0. The van der Waals surface area contributed by atoms with Crippen molar-refractivity contribution in [2.75, 3.05) is 6.54 Å². The van der Waals surface area contributed by atoms with Gasteiger partial charge in [-0.1, -0.05) is 20.8 Å². The lowest BCUT2D eigenvalue weighted by molar-refractivity contribution is -0.142. The van der Waals surface area contributed by atoms with Gasteiger partial charge in [0.15, 0.2) is 0 Å². The zero-order chi connectivity index (χ0) is 12.9. The Morgan fingerprint density at radius 1 is 1.38 bits per heavy atom. The minimum absolute atomic E-state index is 0.00611. The van der Waals surface area contributed by atoms with Gasteiger partial charge in [0.1, 0.15) is 6.04 Å². The Hall–Kier alpha value is -1.10. The van der Waals surface area contributed by atoms with E-state index in [0.29, 0.717) is 6.42 Å². The Labute approximate surface area is 96.4 Å². The van der Waals surface area contributed by atoms with Gasteiger partial charge in [-0.15, -0.1) is 0 Å². The van der Waals surface area contributed by atoms with Crippen LogP contribution in [0.2, 0.25) is 0 Å². The Morgan fingerprint density at radius 2 is 1.88 bits per heavy atom. The fourth-order valence-corrected chi connectivity index (χ4v) is 1.42. The number of rotatable bonds is 5. The summed E-state index contributed by atoms with van der Waals surface area (Å²) in [4.78, 5) is 22.3. The summed E-state index contributed by atoms with van der Waals surface area (Å²) in [5.41, 5.74) is 5.52. The molecular formula is C11H22N2O3. The summed E-state index contributed by atoms with van der Waals surface area (Å²) in [7, 11) is 0. The molecule has 5 heteroatoms. The minimum atomic E-state index is -1.04. The molecule has 0 fully saturated rings. The average Bonchev–Trinajstić information content (AvgIpc) is 2.12. The number of carbonyl (C=O) groups excluding carboxylic acids is 1. The van der Waals surface area contributed by atoms with Crippen molar-refractivity contribution in [2.24, 2.45) is 17.1 Å². The molecule has 0 aliphatic carbocycles. The molecule has 0 bridgehead atoms. The van der Waals surface area contributed by atoms with Gasteiger partial charge in [-0.3, -0.25) is 9.59 Å². The summed E-state index contributed by atoms with van der Waals surface area (Å²) in [6.45, 7) is 7.72. The van der Waals surface area contributed by atoms with Crippen LogP contribution in [0.3, 0.4) is 0 Å². The van der Waals surface area contributed by atoms with E-state index in [9.17, 15) is 9.59 Å². The Morgan fingerprint density at radius 3 is 2.19 bits per heavy atom. The molecule has 0 heterocycles. The van der Waals surface area contributed by atoms with Crippen LogP contribution in [0.4, 0.5) is 0 Å². The smallest absolute Gasteiger partial charge is 0.325 e. The summed E-state index contributed by atoms with van der Waals surface area (Å²) in [5, 5.41) is 11.1.